The molecule has 2 rings (SSSR count). The van der Waals surface area contributed by atoms with Gasteiger partial charge in [0.2, 0.25) is 0 Å². The third-order valence-electron chi connectivity index (χ3n) is 2.05. The van der Waals surface area contributed by atoms with Gasteiger partial charge in [0.1, 0.15) is 27.8 Å². The number of aromatic nitrogens is 4. The SMILES string of the molecule is Cn1ncc(OCc2c(Cl)ncnc2Cl)c1Br. The zero-order chi connectivity index (χ0) is 12.4. The molecule has 8 heteroatoms. The van der Waals surface area contributed by atoms with Crippen LogP contribution in [0, 0.1) is 0 Å². The first-order valence-electron chi connectivity index (χ1n) is 4.54. The van der Waals surface area contributed by atoms with Gasteiger partial charge in [0.25, 0.3) is 0 Å². The Bertz CT molecular complexity index is 526. The monoisotopic (exact) mass is 336 g/mol. The van der Waals surface area contributed by atoms with Crippen LogP contribution >= 0.6 is 39.1 Å². The van der Waals surface area contributed by atoms with Crippen LogP contribution < -0.4 is 4.74 Å². The lowest BCUT2D eigenvalue weighted by Gasteiger charge is -2.06. The molecule has 5 nitrogen and oxygen atoms in total. The summed E-state index contributed by atoms with van der Waals surface area (Å²) in [5.74, 6) is 0.600. The predicted molar refractivity (Wildman–Crippen MR) is 67.3 cm³/mol. The lowest BCUT2D eigenvalue weighted by atomic mass is 10.4. The molecular formula is C9H7BrCl2N4O. The number of rotatable bonds is 3. The standard InChI is InChI=1S/C9H7BrCl2N4O/c1-16-7(10)6(2-15-16)17-3-5-8(11)13-4-14-9(5)12/h2,4H,3H2,1H3. The van der Waals surface area contributed by atoms with Gasteiger partial charge in [-0.15, -0.1) is 0 Å². The molecule has 17 heavy (non-hydrogen) atoms. The normalized spacial score (nSPS) is 10.6. The quantitative estimate of drug-likeness (QED) is 0.808. The van der Waals surface area contributed by atoms with Crippen molar-refractivity contribution in [2.75, 3.05) is 0 Å². The molecule has 2 heterocycles. The van der Waals surface area contributed by atoms with Gasteiger partial charge in [-0.1, -0.05) is 23.2 Å². The number of nitrogens with zero attached hydrogens (tertiary/aromatic N) is 4. The fourth-order valence-electron chi connectivity index (χ4n) is 1.14. The van der Waals surface area contributed by atoms with E-state index >= 15 is 0 Å². The average Bonchev–Trinajstić information content (AvgIpc) is 2.60. The summed E-state index contributed by atoms with van der Waals surface area (Å²) in [6.07, 6.45) is 2.89. The summed E-state index contributed by atoms with van der Waals surface area (Å²) in [5, 5.41) is 4.59. The Labute approximate surface area is 116 Å². The molecule has 0 saturated heterocycles. The van der Waals surface area contributed by atoms with Crippen LogP contribution in [-0.2, 0) is 13.7 Å². The first-order valence-corrected chi connectivity index (χ1v) is 6.09. The number of hydrogen-bond acceptors (Lipinski definition) is 4. The predicted octanol–water partition coefficient (Wildman–Crippen LogP) is 2.86. The second kappa shape index (κ2) is 5.20. The van der Waals surface area contributed by atoms with E-state index in [1.165, 1.54) is 6.33 Å². The lowest BCUT2D eigenvalue weighted by Crippen LogP contribution is -2.00. The number of halogens is 3. The van der Waals surface area contributed by atoms with Crippen LogP contribution in [0.4, 0.5) is 0 Å². The molecule has 0 saturated carbocycles. The summed E-state index contributed by atoms with van der Waals surface area (Å²) in [4.78, 5) is 7.67. The Morgan fingerprint density at radius 3 is 2.53 bits per heavy atom. The van der Waals surface area contributed by atoms with Crippen LogP contribution in [0.2, 0.25) is 10.3 Å². The first-order chi connectivity index (χ1) is 8.09. The Morgan fingerprint density at radius 1 is 1.35 bits per heavy atom. The van der Waals surface area contributed by atoms with E-state index in [9.17, 15) is 0 Å². The van der Waals surface area contributed by atoms with Gasteiger partial charge in [-0.25, -0.2) is 9.97 Å². The van der Waals surface area contributed by atoms with Crippen LogP contribution in [-0.4, -0.2) is 19.7 Å². The molecule has 0 aliphatic rings. The highest BCUT2D eigenvalue weighted by Gasteiger charge is 2.11. The minimum atomic E-state index is 0.183. The molecule has 0 atom stereocenters. The van der Waals surface area contributed by atoms with Gasteiger partial charge in [-0.2, -0.15) is 5.10 Å². The van der Waals surface area contributed by atoms with E-state index in [1.54, 1.807) is 17.9 Å². The van der Waals surface area contributed by atoms with Crippen molar-refractivity contribution < 1.29 is 4.74 Å². The average molecular weight is 338 g/mol. The summed E-state index contributed by atoms with van der Waals surface area (Å²) in [6, 6.07) is 0. The van der Waals surface area contributed by atoms with Gasteiger partial charge >= 0.3 is 0 Å². The summed E-state index contributed by atoms with van der Waals surface area (Å²) in [6.45, 7) is 0.183. The van der Waals surface area contributed by atoms with E-state index in [-0.39, 0.29) is 16.9 Å². The largest absolute Gasteiger partial charge is 0.484 e. The van der Waals surface area contributed by atoms with Gasteiger partial charge in [0.15, 0.2) is 5.75 Å². The maximum atomic E-state index is 5.89. The molecule has 0 bridgehead atoms. The Kier molecular flexibility index (Phi) is 3.86. The van der Waals surface area contributed by atoms with Gasteiger partial charge in [-0.05, 0) is 15.9 Å². The zero-order valence-electron chi connectivity index (χ0n) is 8.69. The van der Waals surface area contributed by atoms with Crippen molar-refractivity contribution in [3.05, 3.63) is 33.0 Å². The maximum absolute atomic E-state index is 5.89. The van der Waals surface area contributed by atoms with Crippen molar-refractivity contribution in [3.63, 3.8) is 0 Å². The van der Waals surface area contributed by atoms with Crippen molar-refractivity contribution in [3.8, 4) is 5.75 Å². The van der Waals surface area contributed by atoms with Crippen LogP contribution in [0.15, 0.2) is 17.1 Å². The van der Waals surface area contributed by atoms with E-state index in [0.717, 1.165) is 4.60 Å². The highest BCUT2D eigenvalue weighted by Crippen LogP contribution is 2.26. The molecule has 2 aromatic rings. The Balaban J connectivity index is 2.15. The first kappa shape index (κ1) is 12.6. The Morgan fingerprint density at radius 2 is 2.00 bits per heavy atom. The van der Waals surface area contributed by atoms with E-state index in [2.05, 4.69) is 31.0 Å². The molecule has 0 amide bonds. The van der Waals surface area contributed by atoms with Gasteiger partial charge in [0, 0.05) is 7.05 Å². The maximum Gasteiger partial charge on any atom is 0.172 e. The van der Waals surface area contributed by atoms with E-state index in [0.29, 0.717) is 11.3 Å². The fraction of sp³-hybridized carbons (Fsp3) is 0.222. The summed E-state index contributed by atoms with van der Waals surface area (Å²) in [5.41, 5.74) is 0.548. The molecular weight excluding hydrogens is 331 g/mol. The van der Waals surface area contributed by atoms with Crippen molar-refractivity contribution >= 4 is 39.1 Å². The topological polar surface area (TPSA) is 52.8 Å². The highest BCUT2D eigenvalue weighted by atomic mass is 79.9. The molecule has 0 aliphatic heterocycles. The molecule has 0 aromatic carbocycles. The summed E-state index contributed by atoms with van der Waals surface area (Å²) >= 11 is 15.1. The molecule has 0 fully saturated rings. The minimum absolute atomic E-state index is 0.183. The van der Waals surface area contributed by atoms with Gasteiger partial charge < -0.3 is 4.74 Å². The third-order valence-corrected chi connectivity index (χ3v) is 3.60. The van der Waals surface area contributed by atoms with Crippen molar-refractivity contribution in [1.82, 2.24) is 19.7 Å². The van der Waals surface area contributed by atoms with Crippen LogP contribution in [0.3, 0.4) is 0 Å². The van der Waals surface area contributed by atoms with Crippen molar-refractivity contribution in [2.24, 2.45) is 7.05 Å². The van der Waals surface area contributed by atoms with Crippen LogP contribution in [0.25, 0.3) is 0 Å². The number of hydrogen-bond donors (Lipinski definition) is 0. The summed E-state index contributed by atoms with van der Waals surface area (Å²) < 4.78 is 7.90. The molecule has 0 N–H and O–H groups in total. The molecule has 2 aromatic heterocycles. The summed E-state index contributed by atoms with van der Waals surface area (Å²) in [7, 11) is 1.79. The van der Waals surface area contributed by atoms with Crippen LogP contribution in [0.5, 0.6) is 5.75 Å². The van der Waals surface area contributed by atoms with E-state index in [4.69, 9.17) is 27.9 Å². The van der Waals surface area contributed by atoms with Crippen molar-refractivity contribution in [2.45, 2.75) is 6.61 Å². The molecule has 0 radical (unpaired) electrons. The lowest BCUT2D eigenvalue weighted by molar-refractivity contribution is 0.303. The third kappa shape index (κ3) is 2.70. The van der Waals surface area contributed by atoms with Gasteiger partial charge in [0.05, 0.1) is 11.8 Å². The molecule has 0 spiro atoms. The number of ether oxygens (including phenoxy) is 1. The second-order valence-corrected chi connectivity index (χ2v) is 4.61. The number of aryl methyl sites for hydroxylation is 1. The second-order valence-electron chi connectivity index (χ2n) is 3.15. The van der Waals surface area contributed by atoms with E-state index in [1.807, 2.05) is 0 Å². The molecule has 0 aliphatic carbocycles. The Hall–Kier alpha value is -0.850. The minimum Gasteiger partial charge on any atom is -0.484 e. The smallest absolute Gasteiger partial charge is 0.172 e. The molecule has 0 unspecified atom stereocenters. The van der Waals surface area contributed by atoms with Crippen molar-refractivity contribution in [1.29, 1.82) is 0 Å². The van der Waals surface area contributed by atoms with E-state index < -0.39 is 0 Å². The zero-order valence-corrected chi connectivity index (χ0v) is 11.8. The van der Waals surface area contributed by atoms with Crippen LogP contribution in [0.1, 0.15) is 5.56 Å². The molecule has 90 valence electrons. The fourth-order valence-corrected chi connectivity index (χ4v) is 1.87. The highest BCUT2D eigenvalue weighted by molar-refractivity contribution is 9.10. The van der Waals surface area contributed by atoms with Gasteiger partial charge in [-0.3, -0.25) is 4.68 Å².